The molecular weight excluding hydrogens is 514 g/mol. The van der Waals surface area contributed by atoms with Crippen LogP contribution in [0.3, 0.4) is 0 Å². The number of aromatic hydroxyl groups is 1. The van der Waals surface area contributed by atoms with E-state index in [1.165, 1.54) is 27.9 Å². The lowest BCUT2D eigenvalue weighted by Crippen LogP contribution is -2.43. The molecule has 1 aliphatic heterocycles. The standard InChI is InChI=1S/C25H30F2N8O4/c1-24(2,3)13-34-18-10-16(32-35(18)23(39)19(22(34)38)20(36)30-14-4-5-14)31-17-12-28-15(11-29-17)21(37)33-8-6-25(26,27)7-9-33/h10-12,14,38H,4-9,13H2,1-3H3,(H,30,36)(H,29,31,32). The first-order valence-corrected chi connectivity index (χ1v) is 12.7. The number of fused-ring (bicyclic) bond motifs is 1. The summed E-state index contributed by atoms with van der Waals surface area (Å²) >= 11 is 0. The van der Waals surface area contributed by atoms with Gasteiger partial charge in [0.2, 0.25) is 5.88 Å². The Hall–Kier alpha value is -4.10. The fourth-order valence-electron chi connectivity index (χ4n) is 4.37. The van der Waals surface area contributed by atoms with E-state index in [0.29, 0.717) is 0 Å². The van der Waals surface area contributed by atoms with E-state index in [1.807, 2.05) is 20.8 Å². The van der Waals surface area contributed by atoms with Crippen LogP contribution in [0.1, 0.15) is 67.3 Å². The normalized spacial score (nSPS) is 17.3. The van der Waals surface area contributed by atoms with Crippen LogP contribution in [-0.2, 0) is 6.54 Å². The second-order valence-corrected chi connectivity index (χ2v) is 11.3. The summed E-state index contributed by atoms with van der Waals surface area (Å²) in [6, 6.07) is 1.52. The molecule has 2 amide bonds. The van der Waals surface area contributed by atoms with Crippen molar-refractivity contribution in [3.8, 4) is 5.88 Å². The molecule has 1 aliphatic carbocycles. The van der Waals surface area contributed by atoms with Crippen molar-refractivity contribution >= 4 is 29.1 Å². The van der Waals surface area contributed by atoms with Gasteiger partial charge in [0.1, 0.15) is 17.2 Å². The number of halogens is 2. The van der Waals surface area contributed by atoms with Gasteiger partial charge in [0.25, 0.3) is 23.3 Å². The third-order valence-electron chi connectivity index (χ3n) is 6.53. The summed E-state index contributed by atoms with van der Waals surface area (Å²) in [5.74, 6) is -3.93. The van der Waals surface area contributed by atoms with E-state index in [9.17, 15) is 28.3 Å². The van der Waals surface area contributed by atoms with Crippen molar-refractivity contribution < 1.29 is 23.5 Å². The Labute approximate surface area is 222 Å². The molecule has 2 aliphatic rings. The molecule has 0 atom stereocenters. The van der Waals surface area contributed by atoms with Crippen molar-refractivity contribution in [2.24, 2.45) is 5.41 Å². The Morgan fingerprint density at radius 3 is 2.41 bits per heavy atom. The molecule has 0 bridgehead atoms. The third kappa shape index (κ3) is 5.68. The smallest absolute Gasteiger partial charge is 0.291 e. The molecule has 12 nitrogen and oxygen atoms in total. The van der Waals surface area contributed by atoms with Crippen molar-refractivity contribution in [2.45, 2.75) is 65.0 Å². The van der Waals surface area contributed by atoms with Crippen molar-refractivity contribution in [3.63, 3.8) is 0 Å². The Balaban J connectivity index is 1.41. The van der Waals surface area contributed by atoms with Crippen LogP contribution in [0, 0.1) is 5.41 Å². The molecule has 0 spiro atoms. The van der Waals surface area contributed by atoms with Gasteiger partial charge in [0.05, 0.1) is 12.4 Å². The van der Waals surface area contributed by atoms with Crippen LogP contribution in [0.15, 0.2) is 23.3 Å². The van der Waals surface area contributed by atoms with Gasteiger partial charge < -0.3 is 20.6 Å². The number of carbonyl (C=O) groups is 2. The van der Waals surface area contributed by atoms with Gasteiger partial charge in [-0.05, 0) is 18.3 Å². The monoisotopic (exact) mass is 544 g/mol. The van der Waals surface area contributed by atoms with Gasteiger partial charge in [0.15, 0.2) is 11.4 Å². The summed E-state index contributed by atoms with van der Waals surface area (Å²) in [7, 11) is 0. The summed E-state index contributed by atoms with van der Waals surface area (Å²) < 4.78 is 29.3. The quantitative estimate of drug-likeness (QED) is 0.429. The van der Waals surface area contributed by atoms with Crippen LogP contribution in [-0.4, -0.2) is 71.0 Å². The van der Waals surface area contributed by atoms with Gasteiger partial charge in [-0.1, -0.05) is 20.8 Å². The van der Waals surface area contributed by atoms with Crippen LogP contribution in [0.2, 0.25) is 0 Å². The van der Waals surface area contributed by atoms with Crippen LogP contribution in [0.5, 0.6) is 5.88 Å². The highest BCUT2D eigenvalue weighted by Gasteiger charge is 2.36. The lowest BCUT2D eigenvalue weighted by atomic mass is 9.96. The predicted molar refractivity (Wildman–Crippen MR) is 136 cm³/mol. The Kier molecular flexibility index (Phi) is 6.51. The van der Waals surface area contributed by atoms with Crippen LogP contribution < -0.4 is 16.2 Å². The van der Waals surface area contributed by atoms with E-state index < -0.39 is 42.0 Å². The number of aromatic nitrogens is 5. The summed E-state index contributed by atoms with van der Waals surface area (Å²) in [6.07, 6.45) is 3.38. The Morgan fingerprint density at radius 1 is 1.13 bits per heavy atom. The van der Waals surface area contributed by atoms with Crippen molar-refractivity contribution in [3.05, 3.63) is 40.1 Å². The van der Waals surface area contributed by atoms with Gasteiger partial charge in [-0.3, -0.25) is 19.0 Å². The molecule has 5 rings (SSSR count). The number of rotatable bonds is 6. The first-order chi connectivity index (χ1) is 18.3. The molecule has 14 heteroatoms. The molecule has 0 unspecified atom stereocenters. The lowest BCUT2D eigenvalue weighted by molar-refractivity contribution is -0.0495. The van der Waals surface area contributed by atoms with Gasteiger partial charge in [-0.2, -0.15) is 4.52 Å². The Morgan fingerprint density at radius 2 is 1.82 bits per heavy atom. The lowest BCUT2D eigenvalue weighted by Gasteiger charge is -2.31. The van der Waals surface area contributed by atoms with E-state index >= 15 is 0 Å². The maximum Gasteiger partial charge on any atom is 0.291 e. The highest BCUT2D eigenvalue weighted by molar-refractivity contribution is 5.96. The molecule has 4 heterocycles. The topological polar surface area (TPSA) is 147 Å². The van der Waals surface area contributed by atoms with Crippen LogP contribution in [0.4, 0.5) is 20.4 Å². The molecule has 3 aromatic heterocycles. The molecule has 1 saturated carbocycles. The molecular formula is C25H30F2N8O4. The van der Waals surface area contributed by atoms with E-state index in [2.05, 4.69) is 25.7 Å². The molecule has 3 N–H and O–H groups in total. The molecule has 0 aromatic carbocycles. The number of amides is 2. The van der Waals surface area contributed by atoms with Crippen molar-refractivity contribution in [1.29, 1.82) is 0 Å². The molecule has 208 valence electrons. The van der Waals surface area contributed by atoms with Crippen LogP contribution in [0.25, 0.3) is 5.65 Å². The summed E-state index contributed by atoms with van der Waals surface area (Å²) in [5, 5.41) is 20.9. The minimum atomic E-state index is -2.77. The second kappa shape index (κ2) is 9.58. The van der Waals surface area contributed by atoms with E-state index in [4.69, 9.17) is 0 Å². The SMILES string of the molecule is CC(C)(C)Cn1c(O)c(C(=O)NC2CC2)c(=O)n2nc(Nc3cnc(C(=O)N4CCC(F)(F)CC4)cn3)cc12. The van der Waals surface area contributed by atoms with E-state index in [-0.39, 0.29) is 59.6 Å². The predicted octanol–water partition coefficient (Wildman–Crippen LogP) is 2.54. The highest BCUT2D eigenvalue weighted by atomic mass is 19.3. The Bertz CT molecular complexity index is 1480. The fraction of sp³-hybridized carbons (Fsp3) is 0.520. The third-order valence-corrected chi connectivity index (χ3v) is 6.53. The van der Waals surface area contributed by atoms with Gasteiger partial charge in [0, 0.05) is 44.6 Å². The number of hydrogen-bond donors (Lipinski definition) is 3. The van der Waals surface area contributed by atoms with Crippen molar-refractivity contribution in [2.75, 3.05) is 18.4 Å². The number of alkyl halides is 2. The maximum absolute atomic E-state index is 13.4. The zero-order valence-corrected chi connectivity index (χ0v) is 21.9. The molecule has 2 fully saturated rings. The number of likely N-dealkylation sites (tertiary alicyclic amines) is 1. The zero-order chi connectivity index (χ0) is 28.1. The number of piperidine rings is 1. The number of nitrogens with one attached hydrogen (secondary N) is 2. The minimum Gasteiger partial charge on any atom is -0.494 e. The number of nitrogens with zero attached hydrogens (tertiary/aromatic N) is 6. The second-order valence-electron chi connectivity index (χ2n) is 11.3. The summed E-state index contributed by atoms with van der Waals surface area (Å²) in [4.78, 5) is 48.2. The largest absolute Gasteiger partial charge is 0.494 e. The first-order valence-electron chi connectivity index (χ1n) is 12.7. The first kappa shape index (κ1) is 26.5. The molecule has 1 saturated heterocycles. The zero-order valence-electron chi connectivity index (χ0n) is 21.9. The van der Waals surface area contributed by atoms with E-state index in [0.717, 1.165) is 17.4 Å². The van der Waals surface area contributed by atoms with Crippen molar-refractivity contribution in [1.82, 2.24) is 34.4 Å². The average molecular weight is 545 g/mol. The van der Waals surface area contributed by atoms with Gasteiger partial charge >= 0.3 is 0 Å². The highest BCUT2D eigenvalue weighted by Crippen LogP contribution is 2.29. The molecule has 0 radical (unpaired) electrons. The van der Waals surface area contributed by atoms with E-state index in [1.54, 1.807) is 0 Å². The van der Waals surface area contributed by atoms with Crippen LogP contribution >= 0.6 is 0 Å². The van der Waals surface area contributed by atoms with Gasteiger partial charge in [-0.25, -0.2) is 18.7 Å². The number of hydrogen-bond acceptors (Lipinski definition) is 8. The molecule has 3 aromatic rings. The molecule has 39 heavy (non-hydrogen) atoms. The minimum absolute atomic E-state index is 0.0119. The number of anilines is 2. The number of carbonyl (C=O) groups excluding carboxylic acids is 2. The van der Waals surface area contributed by atoms with Gasteiger partial charge in [-0.15, -0.1) is 5.10 Å². The summed E-state index contributed by atoms with van der Waals surface area (Å²) in [5.41, 5.74) is -1.18. The average Bonchev–Trinajstić information content (AvgIpc) is 3.57. The summed E-state index contributed by atoms with van der Waals surface area (Å²) in [6.45, 7) is 6.02. The maximum atomic E-state index is 13.4. The fourth-order valence-corrected chi connectivity index (χ4v) is 4.37.